The predicted octanol–water partition coefficient (Wildman–Crippen LogP) is 4.19. The standard InChI is InChI=1S/C20H24F3NO2/c1-10-9-15(13(4)12(3)11(10)2)16-17(25)19(24-18(16)26)7-5-14(6-8-19)20(21,22)23/h9,14,16H,5-8H2,1-4H3,(H,24,26). The average Bonchev–Trinajstić information content (AvgIpc) is 2.79. The van der Waals surface area contributed by atoms with E-state index >= 15 is 0 Å². The molecule has 1 saturated heterocycles. The number of nitrogens with one attached hydrogen (secondary N) is 1. The van der Waals surface area contributed by atoms with Crippen LogP contribution >= 0.6 is 0 Å². The molecule has 26 heavy (non-hydrogen) atoms. The molecule has 2 fully saturated rings. The fraction of sp³-hybridized carbons (Fsp3) is 0.600. The van der Waals surface area contributed by atoms with Gasteiger partial charge in [-0.1, -0.05) is 6.07 Å². The van der Waals surface area contributed by atoms with Crippen LogP contribution in [0.15, 0.2) is 6.07 Å². The Bertz CT molecular complexity index is 774. The molecule has 3 rings (SSSR count). The van der Waals surface area contributed by atoms with Crippen LogP contribution in [0.2, 0.25) is 0 Å². The highest BCUT2D eigenvalue weighted by atomic mass is 19.4. The van der Waals surface area contributed by atoms with Crippen molar-refractivity contribution in [2.24, 2.45) is 5.92 Å². The number of hydrogen-bond acceptors (Lipinski definition) is 2. The van der Waals surface area contributed by atoms with Crippen LogP contribution in [0.1, 0.15) is 59.4 Å². The third kappa shape index (κ3) is 2.83. The normalized spacial score (nSPS) is 29.3. The predicted molar refractivity (Wildman–Crippen MR) is 92.0 cm³/mol. The molecule has 1 aromatic rings. The van der Waals surface area contributed by atoms with Crippen molar-refractivity contribution in [3.05, 3.63) is 33.9 Å². The zero-order chi connectivity index (χ0) is 19.4. The number of halogens is 3. The summed E-state index contributed by atoms with van der Waals surface area (Å²) in [5.41, 5.74) is 3.62. The van der Waals surface area contributed by atoms with E-state index in [9.17, 15) is 22.8 Å². The minimum absolute atomic E-state index is 0.0567. The molecule has 6 heteroatoms. The highest BCUT2D eigenvalue weighted by molar-refractivity contribution is 6.17. The number of hydrogen-bond donors (Lipinski definition) is 1. The van der Waals surface area contributed by atoms with Crippen LogP contribution in [-0.4, -0.2) is 23.4 Å². The van der Waals surface area contributed by atoms with Gasteiger partial charge in [-0.15, -0.1) is 0 Å². The average molecular weight is 367 g/mol. The van der Waals surface area contributed by atoms with Gasteiger partial charge in [0.25, 0.3) is 0 Å². The van der Waals surface area contributed by atoms with E-state index in [1.807, 2.05) is 33.8 Å². The zero-order valence-corrected chi connectivity index (χ0v) is 15.5. The van der Waals surface area contributed by atoms with Crippen LogP contribution in [0, 0.1) is 33.6 Å². The third-order valence-corrected chi connectivity index (χ3v) is 6.49. The summed E-state index contributed by atoms with van der Waals surface area (Å²) in [6, 6.07) is 1.88. The molecule has 1 saturated carbocycles. The molecule has 0 aromatic heterocycles. The quantitative estimate of drug-likeness (QED) is 0.757. The van der Waals surface area contributed by atoms with Crippen molar-refractivity contribution in [3.63, 3.8) is 0 Å². The number of alkyl halides is 3. The van der Waals surface area contributed by atoms with Crippen LogP contribution in [0.5, 0.6) is 0 Å². The minimum Gasteiger partial charge on any atom is -0.343 e. The lowest BCUT2D eigenvalue weighted by Gasteiger charge is -2.36. The van der Waals surface area contributed by atoms with Gasteiger partial charge in [0.2, 0.25) is 5.91 Å². The second kappa shape index (κ2) is 6.10. The van der Waals surface area contributed by atoms with Gasteiger partial charge < -0.3 is 5.32 Å². The van der Waals surface area contributed by atoms with Gasteiger partial charge in [0, 0.05) is 0 Å². The maximum atomic E-state index is 13.1. The Hall–Kier alpha value is -1.85. The number of benzene rings is 1. The largest absolute Gasteiger partial charge is 0.391 e. The van der Waals surface area contributed by atoms with Crippen LogP contribution in [0.4, 0.5) is 13.2 Å². The Labute approximate surface area is 151 Å². The maximum absolute atomic E-state index is 13.1. The lowest BCUT2D eigenvalue weighted by atomic mass is 9.72. The molecule has 1 amide bonds. The first-order valence-electron chi connectivity index (χ1n) is 8.98. The molecule has 1 aliphatic heterocycles. The molecule has 1 N–H and O–H groups in total. The zero-order valence-electron chi connectivity index (χ0n) is 15.5. The number of carbonyl (C=O) groups is 2. The van der Waals surface area contributed by atoms with Crippen molar-refractivity contribution in [2.75, 3.05) is 0 Å². The van der Waals surface area contributed by atoms with Crippen molar-refractivity contribution in [2.45, 2.75) is 71.0 Å². The molecular weight excluding hydrogens is 343 g/mol. The first kappa shape index (κ1) is 18.9. The van der Waals surface area contributed by atoms with Crippen molar-refractivity contribution >= 4 is 11.7 Å². The number of aryl methyl sites for hydroxylation is 1. The fourth-order valence-electron chi connectivity index (χ4n) is 4.40. The summed E-state index contributed by atoms with van der Waals surface area (Å²) < 4.78 is 38.8. The molecular formula is C20H24F3NO2. The van der Waals surface area contributed by atoms with Crippen molar-refractivity contribution in [3.8, 4) is 0 Å². The summed E-state index contributed by atoms with van der Waals surface area (Å²) in [6.07, 6.45) is -4.36. The summed E-state index contributed by atoms with van der Waals surface area (Å²) in [6.45, 7) is 7.79. The van der Waals surface area contributed by atoms with Crippen LogP contribution in [0.3, 0.4) is 0 Å². The van der Waals surface area contributed by atoms with Gasteiger partial charge in [-0.2, -0.15) is 13.2 Å². The summed E-state index contributed by atoms with van der Waals surface area (Å²) in [5.74, 6) is -2.96. The highest BCUT2D eigenvalue weighted by Gasteiger charge is 2.56. The number of rotatable bonds is 1. The summed E-state index contributed by atoms with van der Waals surface area (Å²) >= 11 is 0. The molecule has 1 spiro atoms. The van der Waals surface area contributed by atoms with Gasteiger partial charge in [-0.3, -0.25) is 9.59 Å². The molecule has 1 unspecified atom stereocenters. The molecule has 3 nitrogen and oxygen atoms in total. The first-order chi connectivity index (χ1) is 12.0. The molecule has 1 aromatic carbocycles. The van der Waals surface area contributed by atoms with Crippen LogP contribution in [-0.2, 0) is 9.59 Å². The molecule has 1 atom stereocenters. The Morgan fingerprint density at radius 2 is 1.58 bits per heavy atom. The Balaban J connectivity index is 1.92. The van der Waals surface area contributed by atoms with Gasteiger partial charge in [-0.05, 0) is 81.2 Å². The number of Topliss-reactive ketones (excluding diaryl/α,β-unsaturated/α-hetero) is 1. The van der Waals surface area contributed by atoms with E-state index in [-0.39, 0.29) is 37.4 Å². The van der Waals surface area contributed by atoms with Crippen molar-refractivity contribution < 1.29 is 22.8 Å². The van der Waals surface area contributed by atoms with E-state index in [0.717, 1.165) is 22.3 Å². The van der Waals surface area contributed by atoms with Crippen LogP contribution < -0.4 is 5.32 Å². The van der Waals surface area contributed by atoms with Gasteiger partial charge in [0.15, 0.2) is 5.78 Å². The summed E-state index contributed by atoms with van der Waals surface area (Å²) in [4.78, 5) is 25.8. The summed E-state index contributed by atoms with van der Waals surface area (Å²) in [5, 5.41) is 2.76. The first-order valence-corrected chi connectivity index (χ1v) is 8.98. The lowest BCUT2D eigenvalue weighted by molar-refractivity contribution is -0.185. The van der Waals surface area contributed by atoms with E-state index in [1.54, 1.807) is 0 Å². The fourth-order valence-corrected chi connectivity index (χ4v) is 4.40. The van der Waals surface area contributed by atoms with E-state index < -0.39 is 23.6 Å². The molecule has 1 heterocycles. The van der Waals surface area contributed by atoms with Crippen LogP contribution in [0.25, 0.3) is 0 Å². The second-order valence-corrected chi connectivity index (χ2v) is 7.84. The SMILES string of the molecule is Cc1cc(C2C(=O)NC3(CCC(C(F)(F)F)CC3)C2=O)c(C)c(C)c1C. The minimum atomic E-state index is -4.24. The smallest absolute Gasteiger partial charge is 0.343 e. The van der Waals surface area contributed by atoms with Gasteiger partial charge in [0.05, 0.1) is 11.5 Å². The molecule has 0 bridgehead atoms. The highest BCUT2D eigenvalue weighted by Crippen LogP contribution is 2.46. The Kier molecular flexibility index (Phi) is 4.44. The number of carbonyl (C=O) groups excluding carboxylic acids is 2. The molecule has 142 valence electrons. The molecule has 1 aliphatic carbocycles. The molecule has 0 radical (unpaired) electrons. The van der Waals surface area contributed by atoms with Crippen molar-refractivity contribution in [1.82, 2.24) is 5.32 Å². The van der Waals surface area contributed by atoms with Gasteiger partial charge >= 0.3 is 6.18 Å². The number of ketones is 1. The van der Waals surface area contributed by atoms with Gasteiger partial charge in [-0.25, -0.2) is 0 Å². The van der Waals surface area contributed by atoms with E-state index in [0.29, 0.717) is 5.56 Å². The summed E-state index contributed by atoms with van der Waals surface area (Å²) in [7, 11) is 0. The molecule has 2 aliphatic rings. The monoisotopic (exact) mass is 367 g/mol. The second-order valence-electron chi connectivity index (χ2n) is 7.84. The lowest BCUT2D eigenvalue weighted by Crippen LogP contribution is -2.50. The van der Waals surface area contributed by atoms with E-state index in [4.69, 9.17) is 0 Å². The van der Waals surface area contributed by atoms with Gasteiger partial charge in [0.1, 0.15) is 5.92 Å². The topological polar surface area (TPSA) is 46.2 Å². The van der Waals surface area contributed by atoms with Crippen molar-refractivity contribution in [1.29, 1.82) is 0 Å². The Morgan fingerprint density at radius 1 is 1.00 bits per heavy atom. The number of amides is 1. The Morgan fingerprint density at radius 3 is 2.12 bits per heavy atom. The van der Waals surface area contributed by atoms with E-state index in [2.05, 4.69) is 5.32 Å². The van der Waals surface area contributed by atoms with E-state index in [1.165, 1.54) is 0 Å². The third-order valence-electron chi connectivity index (χ3n) is 6.49. The maximum Gasteiger partial charge on any atom is 0.391 e.